The molecule has 0 aliphatic heterocycles. The Balaban J connectivity index is 1.83. The average molecular weight is 281 g/mol. The minimum absolute atomic E-state index is 0.353. The third-order valence-electron chi connectivity index (χ3n) is 4.06. The van der Waals surface area contributed by atoms with E-state index >= 15 is 0 Å². The molecular formula is C15H23NO4. The van der Waals surface area contributed by atoms with Crippen LogP contribution in [0.5, 0.6) is 0 Å². The quantitative estimate of drug-likeness (QED) is 0.777. The Morgan fingerprint density at radius 2 is 1.95 bits per heavy atom. The second kappa shape index (κ2) is 5.11. The van der Waals surface area contributed by atoms with Gasteiger partial charge < -0.3 is 15.2 Å². The van der Waals surface area contributed by atoms with Crippen molar-refractivity contribution in [1.82, 2.24) is 5.32 Å². The molecule has 0 unspecified atom stereocenters. The van der Waals surface area contributed by atoms with Gasteiger partial charge in [0, 0.05) is 0 Å². The Kier molecular flexibility index (Phi) is 3.80. The van der Waals surface area contributed by atoms with E-state index in [0.29, 0.717) is 24.2 Å². The molecule has 0 spiro atoms. The number of nitrogens with one attached hydrogen (secondary N) is 1. The fraction of sp³-hybridized carbons (Fsp3) is 0.733. The van der Waals surface area contributed by atoms with Crippen molar-refractivity contribution in [1.29, 1.82) is 0 Å². The molecule has 2 fully saturated rings. The van der Waals surface area contributed by atoms with Crippen molar-refractivity contribution in [3.63, 3.8) is 0 Å². The number of aliphatic carboxylic acids is 1. The van der Waals surface area contributed by atoms with Crippen LogP contribution >= 0.6 is 0 Å². The Bertz CT molecular complexity index is 424. The molecule has 2 saturated carbocycles. The van der Waals surface area contributed by atoms with E-state index in [0.717, 1.165) is 12.8 Å². The molecule has 2 N–H and O–H groups in total. The van der Waals surface area contributed by atoms with Crippen LogP contribution < -0.4 is 5.32 Å². The highest BCUT2D eigenvalue weighted by molar-refractivity contribution is 5.80. The van der Waals surface area contributed by atoms with E-state index in [2.05, 4.69) is 11.9 Å². The molecule has 0 heterocycles. The Hall–Kier alpha value is -1.52. The molecule has 0 saturated heterocycles. The van der Waals surface area contributed by atoms with E-state index in [1.165, 1.54) is 5.57 Å². The molecule has 20 heavy (non-hydrogen) atoms. The molecule has 2 aliphatic carbocycles. The fourth-order valence-corrected chi connectivity index (χ4v) is 3.09. The van der Waals surface area contributed by atoms with Crippen LogP contribution in [-0.2, 0) is 9.53 Å². The highest BCUT2D eigenvalue weighted by atomic mass is 16.6. The lowest BCUT2D eigenvalue weighted by Gasteiger charge is -2.23. The van der Waals surface area contributed by atoms with Crippen molar-refractivity contribution >= 4 is 12.1 Å². The lowest BCUT2D eigenvalue weighted by atomic mass is 9.94. The predicted octanol–water partition coefficient (Wildman–Crippen LogP) is 2.57. The zero-order valence-electron chi connectivity index (χ0n) is 12.3. The minimum Gasteiger partial charge on any atom is -0.480 e. The van der Waals surface area contributed by atoms with Crippen molar-refractivity contribution in [2.75, 3.05) is 0 Å². The predicted molar refractivity (Wildman–Crippen MR) is 74.3 cm³/mol. The number of carbonyl (C=O) groups excluding carboxylic acids is 1. The van der Waals surface area contributed by atoms with Gasteiger partial charge in [-0.05, 0) is 57.8 Å². The van der Waals surface area contributed by atoms with Crippen molar-refractivity contribution in [2.45, 2.75) is 51.7 Å². The van der Waals surface area contributed by atoms with E-state index in [9.17, 15) is 14.7 Å². The molecule has 2 aliphatic rings. The largest absolute Gasteiger partial charge is 0.480 e. The second-order valence-electron chi connectivity index (χ2n) is 6.90. The summed E-state index contributed by atoms with van der Waals surface area (Å²) in [7, 11) is 0. The number of rotatable bonds is 4. The number of carbonyl (C=O) groups is 2. The molecule has 0 aromatic heterocycles. The SMILES string of the molecule is C=C1[C@H]2C[C@@H](C[C@H](NC(=O)OC(C)(C)C)C(=O)O)C[C@@H]12. The first-order chi connectivity index (χ1) is 9.17. The summed E-state index contributed by atoms with van der Waals surface area (Å²) in [5, 5.41) is 11.7. The number of alkyl carbamates (subject to hydrolysis) is 1. The minimum atomic E-state index is -1.00. The van der Waals surface area contributed by atoms with Crippen molar-refractivity contribution in [3.8, 4) is 0 Å². The van der Waals surface area contributed by atoms with Gasteiger partial charge in [0.2, 0.25) is 0 Å². The Morgan fingerprint density at radius 1 is 1.40 bits per heavy atom. The monoisotopic (exact) mass is 281 g/mol. The van der Waals surface area contributed by atoms with Gasteiger partial charge >= 0.3 is 12.1 Å². The molecular weight excluding hydrogens is 258 g/mol. The van der Waals surface area contributed by atoms with E-state index in [4.69, 9.17) is 4.74 Å². The highest BCUT2D eigenvalue weighted by Gasteiger charge is 2.50. The fourth-order valence-electron chi connectivity index (χ4n) is 3.09. The summed E-state index contributed by atoms with van der Waals surface area (Å²) >= 11 is 0. The molecule has 0 aromatic carbocycles. The average Bonchev–Trinajstić information content (AvgIpc) is 2.73. The van der Waals surface area contributed by atoms with E-state index in [1.54, 1.807) is 20.8 Å². The van der Waals surface area contributed by atoms with Crippen LogP contribution in [0.1, 0.15) is 40.0 Å². The van der Waals surface area contributed by atoms with Gasteiger partial charge in [-0.1, -0.05) is 12.2 Å². The number of amides is 1. The number of carboxylic acids is 1. The van der Waals surface area contributed by atoms with Crippen LogP contribution in [-0.4, -0.2) is 28.8 Å². The topological polar surface area (TPSA) is 75.6 Å². The second-order valence-corrected chi connectivity index (χ2v) is 6.90. The molecule has 1 amide bonds. The maximum Gasteiger partial charge on any atom is 0.408 e. The third-order valence-corrected chi connectivity index (χ3v) is 4.06. The van der Waals surface area contributed by atoms with Crippen LogP contribution in [0.4, 0.5) is 4.79 Å². The van der Waals surface area contributed by atoms with Gasteiger partial charge in [-0.15, -0.1) is 0 Å². The standard InChI is InChI=1S/C15H23NO4/c1-8-10-5-9(6-11(8)10)7-12(13(17)18)16-14(19)20-15(2,3)4/h9-12H,1,5-7H2,2-4H3,(H,16,19)(H,17,18)/t9-,10-,11+,12-/m0/s1. The van der Waals surface area contributed by atoms with E-state index in [-0.39, 0.29) is 0 Å². The number of hydrogen-bond donors (Lipinski definition) is 2. The van der Waals surface area contributed by atoms with Crippen molar-refractivity contribution in [2.24, 2.45) is 17.8 Å². The van der Waals surface area contributed by atoms with Crippen LogP contribution in [0, 0.1) is 17.8 Å². The summed E-state index contributed by atoms with van der Waals surface area (Å²) in [6.45, 7) is 9.23. The molecule has 4 atom stereocenters. The molecule has 112 valence electrons. The Labute approximate surface area is 119 Å². The summed E-state index contributed by atoms with van der Waals surface area (Å²) in [6, 6.07) is -0.874. The maximum atomic E-state index is 11.7. The van der Waals surface area contributed by atoms with Gasteiger partial charge in [-0.2, -0.15) is 0 Å². The zero-order valence-corrected chi connectivity index (χ0v) is 12.3. The summed E-state index contributed by atoms with van der Waals surface area (Å²) in [5.74, 6) is 0.536. The number of fused-ring (bicyclic) bond motifs is 1. The lowest BCUT2D eigenvalue weighted by molar-refractivity contribution is -0.140. The smallest absolute Gasteiger partial charge is 0.408 e. The first kappa shape index (κ1) is 14.9. The zero-order chi connectivity index (χ0) is 15.1. The summed E-state index contributed by atoms with van der Waals surface area (Å²) in [6.07, 6.45) is 1.80. The van der Waals surface area contributed by atoms with Gasteiger partial charge in [0.25, 0.3) is 0 Å². The van der Waals surface area contributed by atoms with Crippen LogP contribution in [0.15, 0.2) is 12.2 Å². The molecule has 5 nitrogen and oxygen atoms in total. The summed E-state index contributed by atoms with van der Waals surface area (Å²) < 4.78 is 5.10. The number of ether oxygens (including phenoxy) is 1. The molecule has 0 bridgehead atoms. The van der Waals surface area contributed by atoms with Crippen LogP contribution in [0.25, 0.3) is 0 Å². The summed E-state index contributed by atoms with van der Waals surface area (Å²) in [5.41, 5.74) is 0.688. The molecule has 0 aromatic rings. The Morgan fingerprint density at radius 3 is 2.40 bits per heavy atom. The third kappa shape index (κ3) is 3.52. The first-order valence-corrected chi connectivity index (χ1v) is 7.08. The molecule has 5 heteroatoms. The lowest BCUT2D eigenvalue weighted by Crippen LogP contribution is -2.44. The number of allylic oxidation sites excluding steroid dienone is 1. The van der Waals surface area contributed by atoms with Crippen molar-refractivity contribution in [3.05, 3.63) is 12.2 Å². The normalized spacial score (nSPS) is 29.6. The van der Waals surface area contributed by atoms with Gasteiger partial charge in [0.05, 0.1) is 0 Å². The van der Waals surface area contributed by atoms with E-state index in [1.807, 2.05) is 0 Å². The van der Waals surface area contributed by atoms with Gasteiger partial charge in [0.15, 0.2) is 0 Å². The summed E-state index contributed by atoms with van der Waals surface area (Å²) in [4.78, 5) is 22.9. The number of carboxylic acid groups (broad SMARTS) is 1. The van der Waals surface area contributed by atoms with Gasteiger partial charge in [-0.3, -0.25) is 0 Å². The maximum absolute atomic E-state index is 11.7. The van der Waals surface area contributed by atoms with Crippen LogP contribution in [0.3, 0.4) is 0 Å². The van der Waals surface area contributed by atoms with Crippen molar-refractivity contribution < 1.29 is 19.4 Å². The highest BCUT2D eigenvalue weighted by Crippen LogP contribution is 2.59. The van der Waals surface area contributed by atoms with Gasteiger partial charge in [-0.25, -0.2) is 9.59 Å². The van der Waals surface area contributed by atoms with Gasteiger partial charge in [0.1, 0.15) is 11.6 Å². The van der Waals surface area contributed by atoms with E-state index < -0.39 is 23.7 Å². The van der Waals surface area contributed by atoms with Crippen LogP contribution in [0.2, 0.25) is 0 Å². The molecule has 0 radical (unpaired) electrons. The molecule has 2 rings (SSSR count). The first-order valence-electron chi connectivity index (χ1n) is 7.08. The number of hydrogen-bond acceptors (Lipinski definition) is 3.